The van der Waals surface area contributed by atoms with Gasteiger partial charge < -0.3 is 14.8 Å². The van der Waals surface area contributed by atoms with Gasteiger partial charge in [-0.25, -0.2) is 0 Å². The highest BCUT2D eigenvalue weighted by atomic mass is 16.5. The number of carbonyl (C=O) groups excluding carboxylic acids is 1. The smallest absolute Gasteiger partial charge is 0.225 e. The molecule has 3 saturated heterocycles. The normalized spacial score (nSPS) is 32.5. The first-order valence-electron chi connectivity index (χ1n) is 10.1. The molecule has 3 fully saturated rings. The summed E-state index contributed by atoms with van der Waals surface area (Å²) >= 11 is 0. The number of ether oxygens (including phenoxy) is 2. The quantitative estimate of drug-likeness (QED) is 0.864. The van der Waals surface area contributed by atoms with Crippen LogP contribution in [0, 0.1) is 17.3 Å². The summed E-state index contributed by atoms with van der Waals surface area (Å²) in [5, 5.41) is 3.18. The second kappa shape index (κ2) is 6.78. The molecule has 148 valence electrons. The maximum absolute atomic E-state index is 12.3. The maximum Gasteiger partial charge on any atom is 0.225 e. The Morgan fingerprint density at radius 1 is 1.41 bits per heavy atom. The van der Waals surface area contributed by atoms with Gasteiger partial charge in [-0.15, -0.1) is 0 Å². The molecule has 0 aliphatic carbocycles. The summed E-state index contributed by atoms with van der Waals surface area (Å²) in [5.41, 5.74) is 0.933. The first kappa shape index (κ1) is 18.8. The molecule has 1 aromatic carbocycles. The zero-order chi connectivity index (χ0) is 19.2. The number of rotatable bonds is 5. The largest absolute Gasteiger partial charge is 0.497 e. The minimum atomic E-state index is -0.343. The first-order chi connectivity index (χ1) is 12.8. The van der Waals surface area contributed by atoms with E-state index in [-0.39, 0.29) is 16.9 Å². The highest BCUT2D eigenvalue weighted by molar-refractivity contribution is 5.81. The van der Waals surface area contributed by atoms with Gasteiger partial charge in [0.2, 0.25) is 5.91 Å². The summed E-state index contributed by atoms with van der Waals surface area (Å²) in [6, 6.07) is 8.31. The molecule has 4 atom stereocenters. The SMILES string of the molecule is COc1cccc(CN2C[C@@H]3[C@H](CNC(=O)C(C)(C)C)[C@H]4CC[C@]3(C2)O4)c1. The van der Waals surface area contributed by atoms with Crippen LogP contribution in [0.4, 0.5) is 0 Å². The van der Waals surface area contributed by atoms with E-state index >= 15 is 0 Å². The van der Waals surface area contributed by atoms with Crippen LogP contribution in [0.15, 0.2) is 24.3 Å². The fourth-order valence-electron chi connectivity index (χ4n) is 5.18. The summed E-state index contributed by atoms with van der Waals surface area (Å²) in [4.78, 5) is 14.8. The molecule has 0 radical (unpaired) electrons. The maximum atomic E-state index is 12.3. The van der Waals surface area contributed by atoms with E-state index < -0.39 is 0 Å². The van der Waals surface area contributed by atoms with Gasteiger partial charge in [0.05, 0.1) is 18.8 Å². The van der Waals surface area contributed by atoms with Gasteiger partial charge in [0, 0.05) is 43.4 Å². The van der Waals surface area contributed by atoms with Crippen LogP contribution in [0.1, 0.15) is 39.2 Å². The number of benzene rings is 1. The molecule has 4 rings (SSSR count). The van der Waals surface area contributed by atoms with Crippen molar-refractivity contribution in [2.75, 3.05) is 26.7 Å². The lowest BCUT2D eigenvalue weighted by Crippen LogP contribution is -2.44. The molecule has 1 amide bonds. The lowest BCUT2D eigenvalue weighted by atomic mass is 9.73. The molecule has 0 unspecified atom stereocenters. The van der Waals surface area contributed by atoms with E-state index in [0.717, 1.165) is 44.8 Å². The lowest BCUT2D eigenvalue weighted by molar-refractivity contribution is -0.128. The van der Waals surface area contributed by atoms with Crippen molar-refractivity contribution in [2.45, 2.75) is 51.9 Å². The molecule has 3 aliphatic heterocycles. The van der Waals surface area contributed by atoms with Crippen molar-refractivity contribution in [3.8, 4) is 5.75 Å². The third kappa shape index (κ3) is 3.47. The second-order valence-electron chi connectivity index (χ2n) is 9.51. The zero-order valence-electron chi connectivity index (χ0n) is 17.0. The molecule has 3 heterocycles. The van der Waals surface area contributed by atoms with Crippen LogP contribution in [0.5, 0.6) is 5.75 Å². The van der Waals surface area contributed by atoms with E-state index in [1.165, 1.54) is 5.56 Å². The molecule has 27 heavy (non-hydrogen) atoms. The van der Waals surface area contributed by atoms with Gasteiger partial charge >= 0.3 is 0 Å². The highest BCUT2D eigenvalue weighted by Crippen LogP contribution is 2.54. The lowest BCUT2D eigenvalue weighted by Gasteiger charge is -2.30. The number of likely N-dealkylation sites (tertiary alicyclic amines) is 1. The van der Waals surface area contributed by atoms with E-state index in [9.17, 15) is 4.79 Å². The zero-order valence-corrected chi connectivity index (χ0v) is 17.0. The van der Waals surface area contributed by atoms with Crippen molar-refractivity contribution < 1.29 is 14.3 Å². The molecule has 3 aliphatic rings. The van der Waals surface area contributed by atoms with Crippen molar-refractivity contribution in [1.29, 1.82) is 0 Å². The Hall–Kier alpha value is -1.59. The molecule has 2 bridgehead atoms. The summed E-state index contributed by atoms with van der Waals surface area (Å²) in [6.07, 6.45) is 2.59. The molecule has 1 aromatic rings. The van der Waals surface area contributed by atoms with Crippen molar-refractivity contribution in [1.82, 2.24) is 10.2 Å². The minimum Gasteiger partial charge on any atom is -0.497 e. The molecule has 5 heteroatoms. The molecule has 0 saturated carbocycles. The molecular weight excluding hydrogens is 340 g/mol. The molecule has 0 aromatic heterocycles. The van der Waals surface area contributed by atoms with Crippen LogP contribution in [0.3, 0.4) is 0 Å². The summed E-state index contributed by atoms with van der Waals surface area (Å²) in [5.74, 6) is 1.98. The predicted octanol–water partition coefficient (Wildman–Crippen LogP) is 2.84. The topological polar surface area (TPSA) is 50.8 Å². The van der Waals surface area contributed by atoms with Gasteiger partial charge in [0.1, 0.15) is 5.75 Å². The predicted molar refractivity (Wildman–Crippen MR) is 105 cm³/mol. The van der Waals surface area contributed by atoms with Crippen LogP contribution < -0.4 is 10.1 Å². The fourth-order valence-corrected chi connectivity index (χ4v) is 5.18. The Morgan fingerprint density at radius 3 is 2.96 bits per heavy atom. The number of nitrogens with one attached hydrogen (secondary N) is 1. The third-order valence-electron chi connectivity index (χ3n) is 6.57. The third-order valence-corrected chi connectivity index (χ3v) is 6.57. The fraction of sp³-hybridized carbons (Fsp3) is 0.682. The van der Waals surface area contributed by atoms with E-state index in [0.29, 0.717) is 17.9 Å². The Morgan fingerprint density at radius 2 is 2.22 bits per heavy atom. The Labute approximate surface area is 162 Å². The van der Waals surface area contributed by atoms with Gasteiger partial charge in [0.15, 0.2) is 0 Å². The summed E-state index contributed by atoms with van der Waals surface area (Å²) in [7, 11) is 1.71. The van der Waals surface area contributed by atoms with Gasteiger partial charge in [-0.3, -0.25) is 9.69 Å². The number of methoxy groups -OCH3 is 1. The number of hydrogen-bond donors (Lipinski definition) is 1. The Bertz CT molecular complexity index is 714. The van der Waals surface area contributed by atoms with E-state index in [4.69, 9.17) is 9.47 Å². The van der Waals surface area contributed by atoms with Gasteiger partial charge in [0.25, 0.3) is 0 Å². The molecular formula is C22H32N2O3. The van der Waals surface area contributed by atoms with Gasteiger partial charge in [-0.2, -0.15) is 0 Å². The van der Waals surface area contributed by atoms with Crippen molar-refractivity contribution in [3.05, 3.63) is 29.8 Å². The van der Waals surface area contributed by atoms with E-state index in [1.807, 2.05) is 26.8 Å². The first-order valence-corrected chi connectivity index (χ1v) is 10.1. The van der Waals surface area contributed by atoms with Crippen LogP contribution in [-0.4, -0.2) is 49.3 Å². The molecule has 5 nitrogen and oxygen atoms in total. The number of carbonyl (C=O) groups is 1. The second-order valence-corrected chi connectivity index (χ2v) is 9.51. The molecule has 1 N–H and O–H groups in total. The van der Waals surface area contributed by atoms with Crippen LogP contribution in [0.2, 0.25) is 0 Å². The van der Waals surface area contributed by atoms with Crippen molar-refractivity contribution in [3.63, 3.8) is 0 Å². The minimum absolute atomic E-state index is 0.000655. The van der Waals surface area contributed by atoms with Crippen LogP contribution in [0.25, 0.3) is 0 Å². The highest BCUT2D eigenvalue weighted by Gasteiger charge is 2.62. The number of hydrogen-bond acceptors (Lipinski definition) is 4. The van der Waals surface area contributed by atoms with Gasteiger partial charge in [-0.05, 0) is 30.5 Å². The Kier molecular flexibility index (Phi) is 4.71. The number of amides is 1. The molecule has 1 spiro atoms. The van der Waals surface area contributed by atoms with Crippen LogP contribution >= 0.6 is 0 Å². The van der Waals surface area contributed by atoms with Crippen molar-refractivity contribution >= 4 is 5.91 Å². The number of nitrogens with zero attached hydrogens (tertiary/aromatic N) is 1. The average Bonchev–Trinajstić information content (AvgIpc) is 3.26. The van der Waals surface area contributed by atoms with Crippen molar-refractivity contribution in [2.24, 2.45) is 17.3 Å². The summed E-state index contributed by atoms with van der Waals surface area (Å²) < 4.78 is 11.9. The van der Waals surface area contributed by atoms with Gasteiger partial charge in [-0.1, -0.05) is 32.9 Å². The standard InChI is InChI=1S/C22H32N2O3/c1-21(2,3)20(25)23-11-17-18-13-24(14-22(18)9-8-19(17)27-22)12-15-6-5-7-16(10-15)26-4/h5-7,10,17-19H,8-9,11-14H2,1-4H3,(H,23,25)/t17-,18+,19+,22+/m0/s1. The average molecular weight is 373 g/mol. The van der Waals surface area contributed by atoms with Crippen LogP contribution in [-0.2, 0) is 16.1 Å². The number of fused-ring (bicyclic) bond motifs is 1. The summed E-state index contributed by atoms with van der Waals surface area (Å²) in [6.45, 7) is 9.59. The van der Waals surface area contributed by atoms with E-state index in [1.54, 1.807) is 7.11 Å². The Balaban J connectivity index is 1.42. The van der Waals surface area contributed by atoms with E-state index in [2.05, 4.69) is 28.4 Å². The monoisotopic (exact) mass is 372 g/mol.